The largest absolute Gasteiger partial charge is 0.493 e. The van der Waals surface area contributed by atoms with E-state index < -0.39 is 12.0 Å². The van der Waals surface area contributed by atoms with Crippen molar-refractivity contribution >= 4 is 34.2 Å². The Morgan fingerprint density at radius 3 is 2.53 bits per heavy atom. The van der Waals surface area contributed by atoms with Gasteiger partial charge in [0, 0.05) is 5.56 Å². The second-order valence-corrected chi connectivity index (χ2v) is 9.35. The molecule has 0 bridgehead atoms. The summed E-state index contributed by atoms with van der Waals surface area (Å²) in [5.41, 5.74) is 2.38. The standard InChI is InChI=1S/C29H26N2O4S/c1-4-34-23-16-15-19-11-9-10-14-21(19)22(23)17-24-27(32)31-26(20-12-7-6-8-13-20)25(28(33)35-5-2)18(3)30-29(31)36-24/h6-17,26H,4-5H2,1-3H3/b24-17-. The maximum Gasteiger partial charge on any atom is 0.338 e. The van der Waals surface area contributed by atoms with Gasteiger partial charge in [-0.25, -0.2) is 9.79 Å². The summed E-state index contributed by atoms with van der Waals surface area (Å²) in [4.78, 5) is 32.1. The molecule has 1 aliphatic rings. The van der Waals surface area contributed by atoms with Crippen molar-refractivity contribution in [1.29, 1.82) is 0 Å². The molecule has 0 saturated heterocycles. The minimum absolute atomic E-state index is 0.211. The molecule has 1 atom stereocenters. The number of hydrogen-bond donors (Lipinski definition) is 0. The Bertz CT molecular complexity index is 1670. The van der Waals surface area contributed by atoms with E-state index in [0.29, 0.717) is 33.0 Å². The molecule has 7 heteroatoms. The number of hydrogen-bond acceptors (Lipinski definition) is 6. The number of carbonyl (C=O) groups is 1. The highest BCUT2D eigenvalue weighted by Gasteiger charge is 2.33. The van der Waals surface area contributed by atoms with Crippen molar-refractivity contribution in [2.75, 3.05) is 13.2 Å². The second-order valence-electron chi connectivity index (χ2n) is 8.34. The first kappa shape index (κ1) is 23.8. The molecule has 0 N–H and O–H groups in total. The minimum Gasteiger partial charge on any atom is -0.493 e. The van der Waals surface area contributed by atoms with Crippen LogP contribution in [0.4, 0.5) is 0 Å². The number of allylic oxidation sites excluding steroid dienone is 1. The quantitative estimate of drug-likeness (QED) is 0.371. The highest BCUT2D eigenvalue weighted by Crippen LogP contribution is 2.31. The van der Waals surface area contributed by atoms with Crippen LogP contribution in [-0.4, -0.2) is 23.8 Å². The molecule has 3 aromatic carbocycles. The van der Waals surface area contributed by atoms with Crippen molar-refractivity contribution in [3.05, 3.63) is 109 Å². The average Bonchev–Trinajstić information content (AvgIpc) is 3.19. The van der Waals surface area contributed by atoms with Gasteiger partial charge in [-0.05, 0) is 49.2 Å². The van der Waals surface area contributed by atoms with Gasteiger partial charge in [-0.1, -0.05) is 72.0 Å². The molecular weight excluding hydrogens is 472 g/mol. The molecule has 182 valence electrons. The third-order valence-electron chi connectivity index (χ3n) is 6.14. The number of esters is 1. The summed E-state index contributed by atoms with van der Waals surface area (Å²) in [6.45, 7) is 6.24. The number of aromatic nitrogens is 1. The van der Waals surface area contributed by atoms with Gasteiger partial charge in [-0.3, -0.25) is 9.36 Å². The second kappa shape index (κ2) is 9.95. The zero-order chi connectivity index (χ0) is 25.2. The number of benzene rings is 3. The van der Waals surface area contributed by atoms with Crippen LogP contribution in [0.3, 0.4) is 0 Å². The maximum absolute atomic E-state index is 13.9. The molecular formula is C29H26N2O4S. The van der Waals surface area contributed by atoms with E-state index in [9.17, 15) is 9.59 Å². The van der Waals surface area contributed by atoms with Gasteiger partial charge in [0.2, 0.25) is 0 Å². The predicted molar refractivity (Wildman–Crippen MR) is 142 cm³/mol. The monoisotopic (exact) mass is 498 g/mol. The van der Waals surface area contributed by atoms with E-state index in [1.165, 1.54) is 11.3 Å². The summed E-state index contributed by atoms with van der Waals surface area (Å²) in [6, 6.07) is 20.9. The van der Waals surface area contributed by atoms with Crippen LogP contribution in [0.5, 0.6) is 5.75 Å². The van der Waals surface area contributed by atoms with Gasteiger partial charge in [-0.2, -0.15) is 0 Å². The lowest BCUT2D eigenvalue weighted by Gasteiger charge is -2.24. The van der Waals surface area contributed by atoms with Crippen LogP contribution >= 0.6 is 11.3 Å². The molecule has 1 aliphatic heterocycles. The normalized spacial score (nSPS) is 15.5. The van der Waals surface area contributed by atoms with Crippen LogP contribution in [-0.2, 0) is 9.53 Å². The molecule has 5 rings (SSSR count). The summed E-state index contributed by atoms with van der Waals surface area (Å²) in [7, 11) is 0. The molecule has 0 spiro atoms. The Morgan fingerprint density at radius 1 is 1.03 bits per heavy atom. The molecule has 1 aromatic heterocycles. The summed E-state index contributed by atoms with van der Waals surface area (Å²) in [5.74, 6) is 0.250. The Morgan fingerprint density at radius 2 is 1.78 bits per heavy atom. The molecule has 0 saturated carbocycles. The average molecular weight is 499 g/mol. The zero-order valence-corrected chi connectivity index (χ0v) is 21.2. The highest BCUT2D eigenvalue weighted by atomic mass is 32.1. The lowest BCUT2D eigenvalue weighted by atomic mass is 9.96. The van der Waals surface area contributed by atoms with Gasteiger partial charge in [0.1, 0.15) is 5.75 Å². The lowest BCUT2D eigenvalue weighted by Crippen LogP contribution is -2.39. The number of ether oxygens (including phenoxy) is 2. The van der Waals surface area contributed by atoms with Crippen molar-refractivity contribution < 1.29 is 14.3 Å². The van der Waals surface area contributed by atoms with E-state index in [4.69, 9.17) is 9.47 Å². The first-order valence-corrected chi connectivity index (χ1v) is 12.7. The van der Waals surface area contributed by atoms with Crippen LogP contribution < -0.4 is 19.6 Å². The predicted octanol–water partition coefficient (Wildman–Crippen LogP) is 4.35. The summed E-state index contributed by atoms with van der Waals surface area (Å²) >= 11 is 1.31. The van der Waals surface area contributed by atoms with Crippen LogP contribution in [0.15, 0.2) is 87.8 Å². The van der Waals surface area contributed by atoms with Crippen LogP contribution in [0.2, 0.25) is 0 Å². The molecule has 36 heavy (non-hydrogen) atoms. The van der Waals surface area contributed by atoms with Crippen molar-refractivity contribution in [2.24, 2.45) is 4.99 Å². The van der Waals surface area contributed by atoms with E-state index in [1.54, 1.807) is 18.4 Å². The number of carbonyl (C=O) groups excluding carboxylic acids is 1. The molecule has 6 nitrogen and oxygen atoms in total. The molecule has 2 heterocycles. The minimum atomic E-state index is -0.623. The van der Waals surface area contributed by atoms with Gasteiger partial charge in [0.05, 0.1) is 35.1 Å². The third kappa shape index (κ3) is 4.16. The van der Waals surface area contributed by atoms with Gasteiger partial charge in [-0.15, -0.1) is 0 Å². The van der Waals surface area contributed by atoms with Gasteiger partial charge in [0.15, 0.2) is 4.80 Å². The van der Waals surface area contributed by atoms with E-state index >= 15 is 0 Å². The Balaban J connectivity index is 1.77. The molecule has 1 unspecified atom stereocenters. The molecule has 4 aromatic rings. The van der Waals surface area contributed by atoms with E-state index in [-0.39, 0.29) is 12.2 Å². The number of rotatable bonds is 6. The van der Waals surface area contributed by atoms with Gasteiger partial charge >= 0.3 is 5.97 Å². The van der Waals surface area contributed by atoms with Crippen molar-refractivity contribution in [3.63, 3.8) is 0 Å². The lowest BCUT2D eigenvalue weighted by molar-refractivity contribution is -0.139. The summed E-state index contributed by atoms with van der Waals surface area (Å²) in [5, 5.41) is 2.06. The van der Waals surface area contributed by atoms with Crippen molar-refractivity contribution in [2.45, 2.75) is 26.8 Å². The zero-order valence-electron chi connectivity index (χ0n) is 20.4. The Hall–Kier alpha value is -3.97. The fourth-order valence-electron chi connectivity index (χ4n) is 4.58. The van der Waals surface area contributed by atoms with Crippen LogP contribution in [0, 0.1) is 0 Å². The van der Waals surface area contributed by atoms with E-state index in [2.05, 4.69) is 4.99 Å². The number of fused-ring (bicyclic) bond motifs is 2. The molecule has 0 amide bonds. The summed E-state index contributed by atoms with van der Waals surface area (Å²) < 4.78 is 13.4. The highest BCUT2D eigenvalue weighted by molar-refractivity contribution is 7.07. The van der Waals surface area contributed by atoms with Gasteiger partial charge < -0.3 is 9.47 Å². The summed E-state index contributed by atoms with van der Waals surface area (Å²) in [6.07, 6.45) is 1.88. The Kier molecular flexibility index (Phi) is 6.57. The molecule has 0 radical (unpaired) electrons. The van der Waals surface area contributed by atoms with Gasteiger partial charge in [0.25, 0.3) is 5.56 Å². The first-order chi connectivity index (χ1) is 17.5. The van der Waals surface area contributed by atoms with Crippen LogP contribution in [0.25, 0.3) is 16.8 Å². The molecule has 0 aliphatic carbocycles. The smallest absolute Gasteiger partial charge is 0.338 e. The van der Waals surface area contributed by atoms with Crippen LogP contribution in [0.1, 0.15) is 37.9 Å². The van der Waals surface area contributed by atoms with E-state index in [1.807, 2.05) is 79.7 Å². The van der Waals surface area contributed by atoms with E-state index in [0.717, 1.165) is 21.9 Å². The fourth-order valence-corrected chi connectivity index (χ4v) is 5.61. The molecule has 0 fully saturated rings. The van der Waals surface area contributed by atoms with Crippen molar-refractivity contribution in [3.8, 4) is 5.75 Å². The maximum atomic E-state index is 13.9. The number of thiazole rings is 1. The third-order valence-corrected chi connectivity index (χ3v) is 7.12. The topological polar surface area (TPSA) is 69.9 Å². The van der Waals surface area contributed by atoms with Crippen molar-refractivity contribution in [1.82, 2.24) is 4.57 Å². The first-order valence-electron chi connectivity index (χ1n) is 11.9. The Labute approximate surface area is 212 Å². The number of nitrogens with zero attached hydrogens (tertiary/aromatic N) is 2. The SMILES string of the molecule is CCOC(=O)C1=C(C)N=c2s/c(=C\c3c(OCC)ccc4ccccc34)c(=O)n2C1c1ccccc1. The fraction of sp³-hybridized carbons (Fsp3) is 0.207.